The van der Waals surface area contributed by atoms with Gasteiger partial charge in [-0.2, -0.15) is 0 Å². The predicted octanol–water partition coefficient (Wildman–Crippen LogP) is 1.65. The van der Waals surface area contributed by atoms with Crippen molar-refractivity contribution in [3.8, 4) is 0 Å². The lowest BCUT2D eigenvalue weighted by Gasteiger charge is -2.02. The molecule has 0 saturated heterocycles. The minimum Gasteiger partial charge on any atom is -0.433 e. The minimum absolute atomic E-state index is 0.139. The zero-order chi connectivity index (χ0) is 7.11. The van der Waals surface area contributed by atoms with Gasteiger partial charge in [0.25, 0.3) is 6.47 Å². The Morgan fingerprint density at radius 1 is 1.78 bits per heavy atom. The largest absolute Gasteiger partial charge is 0.433 e. The SMILES string of the molecule is CCCCC(F)OC=O. The van der Waals surface area contributed by atoms with Gasteiger partial charge in [0.05, 0.1) is 0 Å². The highest BCUT2D eigenvalue weighted by Crippen LogP contribution is 2.03. The van der Waals surface area contributed by atoms with Gasteiger partial charge in [-0.05, 0) is 6.42 Å². The molecule has 0 aromatic carbocycles. The third-order valence-corrected chi connectivity index (χ3v) is 0.988. The highest BCUT2D eigenvalue weighted by Gasteiger charge is 2.02. The summed E-state index contributed by atoms with van der Waals surface area (Å²) in [4.78, 5) is 9.52. The summed E-state index contributed by atoms with van der Waals surface area (Å²) >= 11 is 0. The van der Waals surface area contributed by atoms with Crippen LogP contribution in [-0.4, -0.2) is 12.8 Å². The normalized spacial score (nSPS) is 12.7. The Kier molecular flexibility index (Phi) is 5.17. The number of carbonyl (C=O) groups excluding carboxylic acids is 1. The molecule has 0 aliphatic carbocycles. The highest BCUT2D eigenvalue weighted by atomic mass is 19.1. The van der Waals surface area contributed by atoms with Gasteiger partial charge in [0.2, 0.25) is 6.36 Å². The molecule has 0 aromatic heterocycles. The number of hydrogen-bond donors (Lipinski definition) is 0. The number of unbranched alkanes of at least 4 members (excludes halogenated alkanes) is 1. The predicted molar refractivity (Wildman–Crippen MR) is 31.6 cm³/mol. The Balaban J connectivity index is 3.04. The van der Waals surface area contributed by atoms with Crippen molar-refractivity contribution in [2.75, 3.05) is 0 Å². The van der Waals surface area contributed by atoms with Crippen molar-refractivity contribution < 1.29 is 13.9 Å². The Hall–Kier alpha value is -0.600. The van der Waals surface area contributed by atoms with Crippen LogP contribution in [0.2, 0.25) is 0 Å². The van der Waals surface area contributed by atoms with Crippen LogP contribution in [0.5, 0.6) is 0 Å². The fraction of sp³-hybridized carbons (Fsp3) is 0.833. The summed E-state index contributed by atoms with van der Waals surface area (Å²) in [6.45, 7) is 2.09. The van der Waals surface area contributed by atoms with Crippen molar-refractivity contribution in [1.29, 1.82) is 0 Å². The first-order valence-electron chi connectivity index (χ1n) is 3.04. The molecular weight excluding hydrogens is 123 g/mol. The second-order valence-electron chi connectivity index (χ2n) is 1.78. The van der Waals surface area contributed by atoms with Gasteiger partial charge < -0.3 is 4.74 Å². The van der Waals surface area contributed by atoms with E-state index in [1.54, 1.807) is 0 Å². The summed E-state index contributed by atoms with van der Waals surface area (Å²) in [5.41, 5.74) is 0. The first-order chi connectivity index (χ1) is 4.31. The van der Waals surface area contributed by atoms with Gasteiger partial charge in [0.15, 0.2) is 0 Å². The topological polar surface area (TPSA) is 26.3 Å². The van der Waals surface area contributed by atoms with Crippen molar-refractivity contribution in [1.82, 2.24) is 0 Å². The Bertz CT molecular complexity index is 75.5. The molecule has 0 aromatic rings. The Morgan fingerprint density at radius 2 is 2.44 bits per heavy atom. The molecule has 2 nitrogen and oxygen atoms in total. The molecule has 0 aliphatic heterocycles. The standard InChI is InChI=1S/C6H11FO2/c1-2-3-4-6(7)9-5-8/h5-6H,2-4H2,1H3. The van der Waals surface area contributed by atoms with E-state index in [1.807, 2.05) is 6.92 Å². The van der Waals surface area contributed by atoms with Crippen LogP contribution >= 0.6 is 0 Å². The summed E-state index contributed by atoms with van der Waals surface area (Å²) in [7, 11) is 0. The summed E-state index contributed by atoms with van der Waals surface area (Å²) in [6.07, 6.45) is 0.592. The van der Waals surface area contributed by atoms with E-state index in [0.717, 1.165) is 12.8 Å². The molecule has 9 heavy (non-hydrogen) atoms. The summed E-state index contributed by atoms with van der Waals surface area (Å²) in [6, 6.07) is 0. The molecule has 54 valence electrons. The number of hydrogen-bond acceptors (Lipinski definition) is 2. The molecule has 0 fully saturated rings. The molecule has 0 amide bonds. The van der Waals surface area contributed by atoms with Crippen LogP contribution in [0.15, 0.2) is 0 Å². The lowest BCUT2D eigenvalue weighted by atomic mass is 10.2. The first-order valence-corrected chi connectivity index (χ1v) is 3.04. The van der Waals surface area contributed by atoms with E-state index < -0.39 is 6.36 Å². The van der Waals surface area contributed by atoms with Crippen LogP contribution in [0, 0.1) is 0 Å². The molecule has 3 heteroatoms. The van der Waals surface area contributed by atoms with E-state index in [2.05, 4.69) is 4.74 Å². The first kappa shape index (κ1) is 8.40. The van der Waals surface area contributed by atoms with Crippen molar-refractivity contribution in [3.63, 3.8) is 0 Å². The summed E-state index contributed by atoms with van der Waals surface area (Å²) < 4.78 is 16.1. The molecule has 0 radical (unpaired) electrons. The van der Waals surface area contributed by atoms with Gasteiger partial charge in [-0.3, -0.25) is 4.79 Å². The van der Waals surface area contributed by atoms with Gasteiger partial charge in [0, 0.05) is 6.42 Å². The molecule has 0 N–H and O–H groups in total. The lowest BCUT2D eigenvalue weighted by Crippen LogP contribution is -2.03. The monoisotopic (exact) mass is 134 g/mol. The molecule has 0 aliphatic rings. The van der Waals surface area contributed by atoms with Gasteiger partial charge in [0.1, 0.15) is 0 Å². The fourth-order valence-corrected chi connectivity index (χ4v) is 0.493. The van der Waals surface area contributed by atoms with Crippen LogP contribution in [0.4, 0.5) is 4.39 Å². The zero-order valence-electron chi connectivity index (χ0n) is 5.47. The van der Waals surface area contributed by atoms with Gasteiger partial charge in [-0.1, -0.05) is 13.3 Å². The summed E-state index contributed by atoms with van der Waals surface area (Å²) in [5.74, 6) is 0. The van der Waals surface area contributed by atoms with Crippen LogP contribution < -0.4 is 0 Å². The molecule has 0 heterocycles. The van der Waals surface area contributed by atoms with Crippen molar-refractivity contribution in [3.05, 3.63) is 0 Å². The van der Waals surface area contributed by atoms with E-state index >= 15 is 0 Å². The number of ether oxygens (including phenoxy) is 1. The van der Waals surface area contributed by atoms with Gasteiger partial charge >= 0.3 is 0 Å². The molecule has 0 spiro atoms. The smallest absolute Gasteiger partial charge is 0.295 e. The Morgan fingerprint density at radius 3 is 2.89 bits per heavy atom. The highest BCUT2D eigenvalue weighted by molar-refractivity contribution is 5.37. The van der Waals surface area contributed by atoms with Gasteiger partial charge in [-0.25, -0.2) is 4.39 Å². The van der Waals surface area contributed by atoms with E-state index in [0.29, 0.717) is 6.42 Å². The molecule has 1 unspecified atom stereocenters. The average molecular weight is 134 g/mol. The van der Waals surface area contributed by atoms with E-state index in [9.17, 15) is 9.18 Å². The van der Waals surface area contributed by atoms with E-state index in [1.165, 1.54) is 0 Å². The third-order valence-electron chi connectivity index (χ3n) is 0.988. The second-order valence-corrected chi connectivity index (χ2v) is 1.78. The fourth-order valence-electron chi connectivity index (χ4n) is 0.493. The van der Waals surface area contributed by atoms with Crippen molar-refractivity contribution in [2.24, 2.45) is 0 Å². The zero-order valence-corrected chi connectivity index (χ0v) is 5.47. The van der Waals surface area contributed by atoms with E-state index in [4.69, 9.17) is 0 Å². The van der Waals surface area contributed by atoms with Gasteiger partial charge in [-0.15, -0.1) is 0 Å². The number of carbonyl (C=O) groups is 1. The number of rotatable bonds is 5. The molecular formula is C6H11FO2. The maximum atomic E-state index is 12.1. The Labute approximate surface area is 54.0 Å². The van der Waals surface area contributed by atoms with E-state index in [-0.39, 0.29) is 6.47 Å². The molecule has 0 rings (SSSR count). The average Bonchev–Trinajstić information content (AvgIpc) is 1.85. The van der Waals surface area contributed by atoms with Crippen LogP contribution in [0.1, 0.15) is 26.2 Å². The molecule has 1 atom stereocenters. The maximum Gasteiger partial charge on any atom is 0.295 e. The minimum atomic E-state index is -1.40. The summed E-state index contributed by atoms with van der Waals surface area (Å²) in [5, 5.41) is 0. The van der Waals surface area contributed by atoms with Crippen LogP contribution in [0.25, 0.3) is 0 Å². The number of alkyl halides is 1. The third kappa shape index (κ3) is 5.27. The number of halogens is 1. The van der Waals surface area contributed by atoms with Crippen LogP contribution in [0.3, 0.4) is 0 Å². The van der Waals surface area contributed by atoms with Crippen molar-refractivity contribution in [2.45, 2.75) is 32.5 Å². The molecule has 0 saturated carbocycles. The maximum absolute atomic E-state index is 12.1. The molecule has 0 bridgehead atoms. The van der Waals surface area contributed by atoms with Crippen molar-refractivity contribution >= 4 is 6.47 Å². The second kappa shape index (κ2) is 5.54. The van der Waals surface area contributed by atoms with Crippen LogP contribution in [-0.2, 0) is 9.53 Å². The lowest BCUT2D eigenvalue weighted by molar-refractivity contribution is -0.142. The quantitative estimate of drug-likeness (QED) is 0.534.